The fraction of sp³-hybridized carbons (Fsp3) is 0.368. The molecule has 4 aromatic rings. The van der Waals surface area contributed by atoms with Gasteiger partial charge in [-0.15, -0.1) is 0 Å². The van der Waals surface area contributed by atoms with Gasteiger partial charge < -0.3 is 25.2 Å². The average Bonchev–Trinajstić information content (AvgIpc) is 3.01. The molecule has 0 fully saturated rings. The molecule has 0 aliphatic heterocycles. The van der Waals surface area contributed by atoms with Gasteiger partial charge >= 0.3 is 18.2 Å². The van der Waals surface area contributed by atoms with Crippen LogP contribution in [0.5, 0.6) is 0 Å². The van der Waals surface area contributed by atoms with Crippen molar-refractivity contribution in [1.29, 1.82) is 0 Å². The van der Waals surface area contributed by atoms with Gasteiger partial charge in [0.25, 0.3) is 5.91 Å². The number of amides is 3. The van der Waals surface area contributed by atoms with E-state index in [2.05, 4.69) is 10.6 Å². The molecule has 0 bridgehead atoms. The van der Waals surface area contributed by atoms with Gasteiger partial charge in [-0.25, -0.2) is 19.4 Å². The molecule has 11 nitrogen and oxygen atoms in total. The minimum absolute atomic E-state index is 0.194. The number of benzene rings is 4. The van der Waals surface area contributed by atoms with Crippen LogP contribution in [-0.4, -0.2) is 71.7 Å². The van der Waals surface area contributed by atoms with Crippen molar-refractivity contribution in [2.75, 3.05) is 14.2 Å². The molecule has 0 spiro atoms. The van der Waals surface area contributed by atoms with Gasteiger partial charge in [0.05, 0.1) is 7.11 Å². The number of rotatable bonds is 9. The lowest BCUT2D eigenvalue weighted by atomic mass is 10.0. The van der Waals surface area contributed by atoms with Crippen LogP contribution in [0.2, 0.25) is 0 Å². The number of nitrogens with zero attached hydrogens (tertiary/aromatic N) is 1. The van der Waals surface area contributed by atoms with E-state index in [1.165, 1.54) is 14.2 Å². The third-order valence-corrected chi connectivity index (χ3v) is 7.07. The van der Waals surface area contributed by atoms with Gasteiger partial charge in [-0.1, -0.05) is 84.9 Å². The number of hydroxylamine groups is 2. The summed E-state index contributed by atoms with van der Waals surface area (Å²) in [4.78, 5) is 52.9. The highest BCUT2D eigenvalue weighted by Crippen LogP contribution is 2.19. The third-order valence-electron chi connectivity index (χ3n) is 7.07. The molecule has 262 valence electrons. The summed E-state index contributed by atoms with van der Waals surface area (Å²) in [6, 6.07) is 25.7. The summed E-state index contributed by atoms with van der Waals surface area (Å²) >= 11 is 0. The lowest BCUT2D eigenvalue weighted by Gasteiger charge is -2.25. The smallest absolute Gasteiger partial charge is 0.408 e. The van der Waals surface area contributed by atoms with Crippen LogP contribution in [0.1, 0.15) is 52.7 Å². The van der Waals surface area contributed by atoms with Crippen LogP contribution < -0.4 is 10.6 Å². The van der Waals surface area contributed by atoms with E-state index in [1.807, 2.05) is 84.9 Å². The van der Waals surface area contributed by atoms with Crippen molar-refractivity contribution < 1.29 is 38.6 Å². The predicted molar refractivity (Wildman–Crippen MR) is 189 cm³/mol. The molecule has 0 radical (unpaired) electrons. The summed E-state index contributed by atoms with van der Waals surface area (Å²) in [6.45, 7) is 10.5. The highest BCUT2D eigenvalue weighted by molar-refractivity contribution is 5.87. The molecule has 0 aromatic heterocycles. The van der Waals surface area contributed by atoms with Crippen molar-refractivity contribution in [1.82, 2.24) is 15.7 Å². The fourth-order valence-electron chi connectivity index (χ4n) is 4.81. The quantitative estimate of drug-likeness (QED) is 0.168. The zero-order valence-corrected chi connectivity index (χ0v) is 29.4. The van der Waals surface area contributed by atoms with E-state index in [-0.39, 0.29) is 12.3 Å². The normalized spacial score (nSPS) is 12.6. The zero-order valence-electron chi connectivity index (χ0n) is 29.4. The highest BCUT2D eigenvalue weighted by Gasteiger charge is 2.28. The molecule has 0 heterocycles. The first kappa shape index (κ1) is 38.3. The topological polar surface area (TPSA) is 143 Å². The number of likely N-dealkylation sites (N-methyl/N-ethyl adjacent to an activating group) is 1. The van der Waals surface area contributed by atoms with Crippen LogP contribution in [0.3, 0.4) is 0 Å². The zero-order chi connectivity index (χ0) is 36.4. The molecule has 2 unspecified atom stereocenters. The van der Waals surface area contributed by atoms with Gasteiger partial charge in [0.1, 0.15) is 23.3 Å². The van der Waals surface area contributed by atoms with Crippen molar-refractivity contribution in [3.05, 3.63) is 96.1 Å². The molecule has 3 amide bonds. The molecule has 0 saturated carbocycles. The molecular weight excluding hydrogens is 626 g/mol. The number of alkyl carbamates (subject to hydrolysis) is 2. The van der Waals surface area contributed by atoms with E-state index in [0.29, 0.717) is 6.42 Å². The van der Waals surface area contributed by atoms with Crippen LogP contribution in [0, 0.1) is 0 Å². The molecule has 4 aromatic carbocycles. The molecule has 2 atom stereocenters. The Morgan fingerprint density at radius 3 is 1.43 bits per heavy atom. The summed E-state index contributed by atoms with van der Waals surface area (Å²) in [7, 11) is 2.91. The Bertz CT molecular complexity index is 1760. The van der Waals surface area contributed by atoms with Gasteiger partial charge in [-0.2, -0.15) is 0 Å². The Labute approximate surface area is 287 Å². The van der Waals surface area contributed by atoms with E-state index in [1.54, 1.807) is 41.5 Å². The van der Waals surface area contributed by atoms with Crippen molar-refractivity contribution in [2.45, 2.75) is 77.7 Å². The largest absolute Gasteiger partial charge is 0.480 e. The van der Waals surface area contributed by atoms with Crippen LogP contribution in [0.4, 0.5) is 9.59 Å². The minimum Gasteiger partial charge on any atom is -0.480 e. The number of hydrogen-bond acceptors (Lipinski definition) is 7. The van der Waals surface area contributed by atoms with Crippen molar-refractivity contribution in [3.63, 3.8) is 0 Å². The minimum atomic E-state index is -1.09. The summed E-state index contributed by atoms with van der Waals surface area (Å²) in [5.41, 5.74) is 0.457. The fourth-order valence-corrected chi connectivity index (χ4v) is 4.81. The number of ether oxygens (including phenoxy) is 2. The maximum Gasteiger partial charge on any atom is 0.408 e. The van der Waals surface area contributed by atoms with E-state index >= 15 is 0 Å². The van der Waals surface area contributed by atoms with E-state index in [4.69, 9.17) is 14.3 Å². The third kappa shape index (κ3) is 12.8. The number of carbonyl (C=O) groups excluding carboxylic acids is 3. The number of carbonyl (C=O) groups is 4. The second kappa shape index (κ2) is 16.8. The van der Waals surface area contributed by atoms with Crippen LogP contribution in [-0.2, 0) is 36.7 Å². The van der Waals surface area contributed by atoms with Crippen molar-refractivity contribution in [3.8, 4) is 0 Å². The maximum atomic E-state index is 12.6. The SMILES string of the molecule is CC(C)(C)OC(=O)NC(Cc1ccc2ccccc2c1)C(=O)O.CON(C)C(=O)C(Cc1ccc2ccccc2c1)NC(=O)OC(C)(C)C. The van der Waals surface area contributed by atoms with E-state index in [9.17, 15) is 24.3 Å². The van der Waals surface area contributed by atoms with Gasteiger partial charge in [0, 0.05) is 19.9 Å². The first-order valence-corrected chi connectivity index (χ1v) is 15.9. The lowest BCUT2D eigenvalue weighted by molar-refractivity contribution is -0.171. The van der Waals surface area contributed by atoms with Crippen molar-refractivity contribution in [2.24, 2.45) is 0 Å². The Morgan fingerprint density at radius 2 is 1.04 bits per heavy atom. The molecule has 3 N–H and O–H groups in total. The highest BCUT2D eigenvalue weighted by atomic mass is 16.7. The molecule has 0 aliphatic rings. The summed E-state index contributed by atoms with van der Waals surface area (Å²) in [5, 5.41) is 19.8. The van der Waals surface area contributed by atoms with Gasteiger partial charge in [-0.05, 0) is 74.2 Å². The number of carboxylic acid groups (broad SMARTS) is 1. The van der Waals surface area contributed by atoms with Crippen LogP contribution in [0.25, 0.3) is 21.5 Å². The van der Waals surface area contributed by atoms with E-state index < -0.39 is 41.4 Å². The second-order valence-electron chi connectivity index (χ2n) is 13.5. The maximum absolute atomic E-state index is 12.6. The Hall–Kier alpha value is -5.16. The van der Waals surface area contributed by atoms with Gasteiger partial charge in [-0.3, -0.25) is 9.63 Å². The summed E-state index contributed by atoms with van der Waals surface area (Å²) < 4.78 is 10.4. The molecule has 0 aliphatic carbocycles. The van der Waals surface area contributed by atoms with Crippen LogP contribution in [0.15, 0.2) is 84.9 Å². The van der Waals surface area contributed by atoms with E-state index in [0.717, 1.165) is 37.7 Å². The van der Waals surface area contributed by atoms with Crippen LogP contribution >= 0.6 is 0 Å². The lowest BCUT2D eigenvalue weighted by Crippen LogP contribution is -2.49. The Kier molecular flexibility index (Phi) is 13.1. The average molecular weight is 674 g/mol. The van der Waals surface area contributed by atoms with Gasteiger partial charge in [0.2, 0.25) is 0 Å². The molecule has 0 saturated heterocycles. The predicted octanol–water partition coefficient (Wildman–Crippen LogP) is 6.66. The standard InChI is InChI=1S/C20H26N2O4.C18H21NO4/c1-20(2,3)26-19(24)21-17(18(23)22(4)25-5)13-14-10-11-15-8-6-7-9-16(15)12-14;1-18(2,3)23-17(22)19-15(16(20)21)11-12-8-9-13-6-4-5-7-14(13)10-12/h6-12,17H,13H2,1-5H3,(H,21,24);4-10,15H,11H2,1-3H3,(H,19,22)(H,20,21). The summed E-state index contributed by atoms with van der Waals surface area (Å²) in [5.74, 6) is -1.45. The number of aliphatic carboxylic acids is 1. The number of nitrogens with one attached hydrogen (secondary N) is 2. The molecular formula is C38H47N3O8. The Balaban J connectivity index is 0.000000267. The molecule has 4 rings (SSSR count). The Morgan fingerprint density at radius 1 is 0.653 bits per heavy atom. The number of fused-ring (bicyclic) bond motifs is 2. The van der Waals surface area contributed by atoms with Crippen molar-refractivity contribution >= 4 is 45.6 Å². The molecule has 49 heavy (non-hydrogen) atoms. The number of carboxylic acids is 1. The first-order valence-electron chi connectivity index (χ1n) is 15.9. The second-order valence-corrected chi connectivity index (χ2v) is 13.5. The summed E-state index contributed by atoms with van der Waals surface area (Å²) in [6.07, 6.45) is -0.845. The number of hydrogen-bond donors (Lipinski definition) is 3. The molecule has 11 heteroatoms. The van der Waals surface area contributed by atoms with Gasteiger partial charge in [0.15, 0.2) is 0 Å². The monoisotopic (exact) mass is 673 g/mol. The first-order chi connectivity index (χ1) is 22.9.